The van der Waals surface area contributed by atoms with Gasteiger partial charge in [0.05, 0.1) is 18.9 Å². The number of carbonyl (C=O) groups excluding carboxylic acids is 1. The topological polar surface area (TPSA) is 97.8 Å². The number of carboxylic acids is 1. The maximum absolute atomic E-state index is 15.6. The third kappa shape index (κ3) is 6.31. The number of amides is 1. The molecule has 39 heavy (non-hydrogen) atoms. The number of hydrogen-bond acceptors (Lipinski definition) is 6. The zero-order valence-corrected chi connectivity index (χ0v) is 22.1. The number of nitrogens with one attached hydrogen (secondary N) is 1. The van der Waals surface area contributed by atoms with Crippen LogP contribution in [0, 0.1) is 23.4 Å². The summed E-state index contributed by atoms with van der Waals surface area (Å²) in [5, 5.41) is 13.1. The van der Waals surface area contributed by atoms with Crippen molar-refractivity contribution in [1.82, 2.24) is 4.98 Å². The second-order valence-electron chi connectivity index (χ2n) is 9.13. The van der Waals surface area contributed by atoms with Gasteiger partial charge in [0.25, 0.3) is 5.91 Å². The van der Waals surface area contributed by atoms with Crippen LogP contribution in [0.5, 0.6) is 0 Å². The van der Waals surface area contributed by atoms with Crippen LogP contribution in [-0.2, 0) is 14.3 Å². The first kappa shape index (κ1) is 28.3. The molecule has 1 unspecified atom stereocenters. The molecule has 0 radical (unpaired) electrons. The third-order valence-corrected chi connectivity index (χ3v) is 7.47. The van der Waals surface area contributed by atoms with E-state index in [1.165, 1.54) is 6.42 Å². The minimum absolute atomic E-state index is 0.104. The highest BCUT2D eigenvalue weighted by Crippen LogP contribution is 2.39. The van der Waals surface area contributed by atoms with Crippen LogP contribution in [0.4, 0.5) is 18.3 Å². The number of benzene rings is 2. The lowest BCUT2D eigenvalue weighted by Crippen LogP contribution is -2.19. The normalized spacial score (nSPS) is 15.2. The fraction of sp³-hybridized carbons (Fsp3) is 0.321. The molecule has 1 fully saturated rings. The molecule has 2 N–H and O–H groups in total. The van der Waals surface area contributed by atoms with Gasteiger partial charge in [0.2, 0.25) is 5.76 Å². The second kappa shape index (κ2) is 12.4. The Hall–Kier alpha value is -3.70. The van der Waals surface area contributed by atoms with Crippen molar-refractivity contribution in [2.45, 2.75) is 38.2 Å². The summed E-state index contributed by atoms with van der Waals surface area (Å²) in [6.07, 6.45) is 5.60. The van der Waals surface area contributed by atoms with Crippen molar-refractivity contribution in [3.05, 3.63) is 75.6 Å². The number of methoxy groups -OCH3 is 2. The molecule has 0 aliphatic heterocycles. The molecule has 206 valence electrons. The van der Waals surface area contributed by atoms with Gasteiger partial charge in [-0.2, -0.15) is 0 Å². The Morgan fingerprint density at radius 1 is 1.13 bits per heavy atom. The van der Waals surface area contributed by atoms with Crippen molar-refractivity contribution in [2.75, 3.05) is 19.5 Å². The molecule has 1 amide bonds. The van der Waals surface area contributed by atoms with E-state index in [1.807, 2.05) is 0 Å². The van der Waals surface area contributed by atoms with Gasteiger partial charge in [-0.05, 0) is 37.0 Å². The SMILES string of the molecule is CO/C(=C\c1c(F)cc(C(=O)Nc2nc(-c3cccc(C(OC)C4CCCCC4)c3F)cs2)cc1F)C(=O)O. The van der Waals surface area contributed by atoms with Crippen molar-refractivity contribution in [3.63, 3.8) is 0 Å². The number of ether oxygens (including phenoxy) is 2. The minimum Gasteiger partial charge on any atom is -0.490 e. The number of carboxylic acid groups (broad SMARTS) is 1. The predicted molar refractivity (Wildman–Crippen MR) is 141 cm³/mol. The van der Waals surface area contributed by atoms with Gasteiger partial charge in [-0.25, -0.2) is 22.9 Å². The molecule has 1 heterocycles. The van der Waals surface area contributed by atoms with Crippen LogP contribution in [0.1, 0.15) is 59.7 Å². The number of carbonyl (C=O) groups is 2. The van der Waals surface area contributed by atoms with Gasteiger partial charge in [0.1, 0.15) is 17.5 Å². The standard InChI is InChI=1S/C28H27F3N2O5S/c1-37-23(27(35)36)13-19-20(29)11-16(12-21(19)30)26(34)33-28-32-22(14-39-28)17-9-6-10-18(24(17)31)25(38-2)15-7-4-3-5-8-15/h6,9-15,25H,3-5,7-8H2,1-2H3,(H,35,36)(H,32,33,34)/b23-13-. The molecule has 0 bridgehead atoms. The summed E-state index contributed by atoms with van der Waals surface area (Å²) in [7, 11) is 2.63. The second-order valence-corrected chi connectivity index (χ2v) is 9.98. The van der Waals surface area contributed by atoms with E-state index in [0.29, 0.717) is 17.3 Å². The summed E-state index contributed by atoms with van der Waals surface area (Å²) in [4.78, 5) is 28.1. The van der Waals surface area contributed by atoms with E-state index in [4.69, 9.17) is 9.84 Å². The molecule has 0 spiro atoms. The number of aromatic nitrogens is 1. The molecule has 1 saturated carbocycles. The van der Waals surface area contributed by atoms with Crippen molar-refractivity contribution in [2.24, 2.45) is 5.92 Å². The molecule has 1 aliphatic rings. The summed E-state index contributed by atoms with van der Waals surface area (Å²) in [5.41, 5.74) is -0.00773. The fourth-order valence-corrected chi connectivity index (χ4v) is 5.50. The van der Waals surface area contributed by atoms with Crippen LogP contribution in [0.25, 0.3) is 17.3 Å². The van der Waals surface area contributed by atoms with Crippen LogP contribution in [0.15, 0.2) is 41.5 Å². The lowest BCUT2D eigenvalue weighted by atomic mass is 9.82. The van der Waals surface area contributed by atoms with Gasteiger partial charge in [0.15, 0.2) is 5.13 Å². The summed E-state index contributed by atoms with van der Waals surface area (Å²) in [6.45, 7) is 0. The van der Waals surface area contributed by atoms with Crippen LogP contribution in [-0.4, -0.2) is 36.2 Å². The number of halogens is 3. The molecule has 7 nitrogen and oxygen atoms in total. The smallest absolute Gasteiger partial charge is 0.371 e. The molecule has 2 aromatic carbocycles. The number of nitrogens with zero attached hydrogens (tertiary/aromatic N) is 1. The number of anilines is 1. The van der Waals surface area contributed by atoms with E-state index in [2.05, 4.69) is 15.0 Å². The van der Waals surface area contributed by atoms with E-state index < -0.39 is 40.7 Å². The first-order valence-electron chi connectivity index (χ1n) is 12.3. The van der Waals surface area contributed by atoms with Gasteiger partial charge in [0, 0.05) is 40.8 Å². The summed E-state index contributed by atoms with van der Waals surface area (Å²) in [6, 6.07) is 6.58. The molecule has 0 saturated heterocycles. The Morgan fingerprint density at radius 3 is 2.44 bits per heavy atom. The summed E-state index contributed by atoms with van der Waals surface area (Å²) < 4.78 is 55.0. The first-order chi connectivity index (χ1) is 18.7. The molecule has 1 aromatic heterocycles. The minimum atomic E-state index is -1.51. The molecular formula is C28H27F3N2O5S. The average Bonchev–Trinajstić information content (AvgIpc) is 3.38. The third-order valence-electron chi connectivity index (χ3n) is 6.72. The van der Waals surface area contributed by atoms with Crippen LogP contribution in [0.3, 0.4) is 0 Å². The Morgan fingerprint density at radius 2 is 1.82 bits per heavy atom. The van der Waals surface area contributed by atoms with E-state index in [1.54, 1.807) is 30.7 Å². The van der Waals surface area contributed by atoms with Gasteiger partial charge in [-0.3, -0.25) is 10.1 Å². The largest absolute Gasteiger partial charge is 0.490 e. The molecule has 1 atom stereocenters. The van der Waals surface area contributed by atoms with Gasteiger partial charge in [-0.1, -0.05) is 31.4 Å². The highest BCUT2D eigenvalue weighted by atomic mass is 32.1. The lowest BCUT2D eigenvalue weighted by Gasteiger charge is -2.30. The number of aliphatic carboxylic acids is 1. The van der Waals surface area contributed by atoms with Crippen LogP contribution >= 0.6 is 11.3 Å². The Labute approximate surface area is 227 Å². The zero-order chi connectivity index (χ0) is 28.1. The Kier molecular flexibility index (Phi) is 9.03. The van der Waals surface area contributed by atoms with Crippen LogP contribution < -0.4 is 5.32 Å². The van der Waals surface area contributed by atoms with Gasteiger partial charge < -0.3 is 14.6 Å². The molecule has 3 aromatic rings. The number of thiazole rings is 1. The summed E-state index contributed by atoms with van der Waals surface area (Å²) in [5.74, 6) is -5.55. The van der Waals surface area contributed by atoms with E-state index in [-0.39, 0.29) is 28.3 Å². The van der Waals surface area contributed by atoms with Crippen molar-refractivity contribution >= 4 is 34.4 Å². The van der Waals surface area contributed by atoms with E-state index in [0.717, 1.165) is 56.3 Å². The molecule has 11 heteroatoms. The Bertz CT molecular complexity index is 1380. The highest BCUT2D eigenvalue weighted by molar-refractivity contribution is 7.14. The monoisotopic (exact) mass is 560 g/mol. The van der Waals surface area contributed by atoms with Crippen LogP contribution in [0.2, 0.25) is 0 Å². The van der Waals surface area contributed by atoms with E-state index >= 15 is 4.39 Å². The van der Waals surface area contributed by atoms with Gasteiger partial charge >= 0.3 is 5.97 Å². The maximum atomic E-state index is 15.6. The summed E-state index contributed by atoms with van der Waals surface area (Å²) >= 11 is 1.03. The first-order valence-corrected chi connectivity index (χ1v) is 13.2. The molecule has 1 aliphatic carbocycles. The molecular weight excluding hydrogens is 533 g/mol. The highest BCUT2D eigenvalue weighted by Gasteiger charge is 2.28. The number of rotatable bonds is 9. The zero-order valence-electron chi connectivity index (χ0n) is 21.3. The van der Waals surface area contributed by atoms with Crippen molar-refractivity contribution in [1.29, 1.82) is 0 Å². The number of hydrogen-bond donors (Lipinski definition) is 2. The fourth-order valence-electron chi connectivity index (χ4n) is 4.79. The average molecular weight is 561 g/mol. The Balaban J connectivity index is 1.54. The van der Waals surface area contributed by atoms with Crippen molar-refractivity contribution in [3.8, 4) is 11.3 Å². The maximum Gasteiger partial charge on any atom is 0.371 e. The molecule has 4 rings (SSSR count). The lowest BCUT2D eigenvalue weighted by molar-refractivity contribution is -0.135. The predicted octanol–water partition coefficient (Wildman–Crippen LogP) is 6.82. The quantitative estimate of drug-likeness (QED) is 0.220. The van der Waals surface area contributed by atoms with E-state index in [9.17, 15) is 18.4 Å². The van der Waals surface area contributed by atoms with Crippen molar-refractivity contribution < 1.29 is 37.3 Å². The van der Waals surface area contributed by atoms with Gasteiger partial charge in [-0.15, -0.1) is 11.3 Å².